The SMILES string of the molecule is C#CCC(C)NCc1cc(C#N)ccc1OC. The van der Waals surface area contributed by atoms with Crippen molar-refractivity contribution in [2.24, 2.45) is 0 Å². The third kappa shape index (κ3) is 3.83. The third-order valence-electron chi connectivity index (χ3n) is 2.47. The van der Waals surface area contributed by atoms with Gasteiger partial charge in [0.2, 0.25) is 0 Å². The number of methoxy groups -OCH3 is 1. The van der Waals surface area contributed by atoms with Crippen LogP contribution in [0.4, 0.5) is 0 Å². The van der Waals surface area contributed by atoms with E-state index in [4.69, 9.17) is 16.4 Å². The lowest BCUT2D eigenvalue weighted by Gasteiger charge is -2.13. The first-order valence-electron chi connectivity index (χ1n) is 5.45. The quantitative estimate of drug-likeness (QED) is 0.785. The molecule has 0 bridgehead atoms. The normalized spacial score (nSPS) is 11.3. The third-order valence-corrected chi connectivity index (χ3v) is 2.47. The largest absolute Gasteiger partial charge is 0.496 e. The Hall–Kier alpha value is -1.97. The van der Waals surface area contributed by atoms with Crippen molar-refractivity contribution < 1.29 is 4.74 Å². The van der Waals surface area contributed by atoms with Crippen LogP contribution in [0.2, 0.25) is 0 Å². The van der Waals surface area contributed by atoms with Crippen LogP contribution in [0.1, 0.15) is 24.5 Å². The number of hydrogen-bond acceptors (Lipinski definition) is 3. The molecule has 1 atom stereocenters. The molecule has 0 saturated carbocycles. The highest BCUT2D eigenvalue weighted by atomic mass is 16.5. The van der Waals surface area contributed by atoms with Crippen LogP contribution in [0.15, 0.2) is 18.2 Å². The summed E-state index contributed by atoms with van der Waals surface area (Å²) in [6.07, 6.45) is 5.92. The Bertz CT molecular complexity index is 454. The lowest BCUT2D eigenvalue weighted by atomic mass is 10.1. The zero-order valence-corrected chi connectivity index (χ0v) is 10.2. The van der Waals surface area contributed by atoms with Gasteiger partial charge in [0.1, 0.15) is 5.75 Å². The summed E-state index contributed by atoms with van der Waals surface area (Å²) in [6.45, 7) is 2.67. The second kappa shape index (κ2) is 6.58. The molecule has 0 aliphatic heterocycles. The molecule has 0 amide bonds. The molecule has 88 valence electrons. The highest BCUT2D eigenvalue weighted by Gasteiger charge is 2.06. The molecule has 0 aliphatic carbocycles. The zero-order valence-electron chi connectivity index (χ0n) is 10.2. The lowest BCUT2D eigenvalue weighted by Crippen LogP contribution is -2.25. The first-order valence-corrected chi connectivity index (χ1v) is 5.45. The van der Waals surface area contributed by atoms with Crippen molar-refractivity contribution in [3.63, 3.8) is 0 Å². The van der Waals surface area contributed by atoms with E-state index in [1.54, 1.807) is 19.2 Å². The number of nitriles is 1. The van der Waals surface area contributed by atoms with Crippen LogP contribution in [0.3, 0.4) is 0 Å². The van der Waals surface area contributed by atoms with Gasteiger partial charge in [-0.1, -0.05) is 0 Å². The van der Waals surface area contributed by atoms with E-state index in [9.17, 15) is 0 Å². The van der Waals surface area contributed by atoms with E-state index in [0.29, 0.717) is 18.5 Å². The summed E-state index contributed by atoms with van der Waals surface area (Å²) in [5.74, 6) is 3.39. The van der Waals surface area contributed by atoms with Crippen LogP contribution in [-0.2, 0) is 6.54 Å². The summed E-state index contributed by atoms with van der Waals surface area (Å²) in [7, 11) is 1.62. The maximum absolute atomic E-state index is 8.85. The molecule has 1 N–H and O–H groups in total. The number of nitrogens with zero attached hydrogens (tertiary/aromatic N) is 1. The van der Waals surface area contributed by atoms with Gasteiger partial charge in [-0.3, -0.25) is 0 Å². The van der Waals surface area contributed by atoms with Gasteiger partial charge in [-0.2, -0.15) is 5.26 Å². The molecule has 17 heavy (non-hydrogen) atoms. The molecule has 3 nitrogen and oxygen atoms in total. The highest BCUT2D eigenvalue weighted by molar-refractivity contribution is 5.42. The summed E-state index contributed by atoms with van der Waals surface area (Å²) < 4.78 is 5.25. The van der Waals surface area contributed by atoms with Crippen molar-refractivity contribution in [1.82, 2.24) is 5.32 Å². The Morgan fingerprint density at radius 2 is 2.29 bits per heavy atom. The van der Waals surface area contributed by atoms with Crippen LogP contribution >= 0.6 is 0 Å². The summed E-state index contributed by atoms with van der Waals surface area (Å²) >= 11 is 0. The second-order valence-electron chi connectivity index (χ2n) is 3.83. The molecule has 1 rings (SSSR count). The van der Waals surface area contributed by atoms with E-state index in [-0.39, 0.29) is 6.04 Å². The number of nitrogens with one attached hydrogen (secondary N) is 1. The molecule has 0 aromatic heterocycles. The molecule has 1 aromatic carbocycles. The molecule has 1 aromatic rings. The smallest absolute Gasteiger partial charge is 0.123 e. The van der Waals surface area contributed by atoms with Gasteiger partial charge in [-0.05, 0) is 25.1 Å². The standard InChI is InChI=1S/C14H16N2O/c1-4-5-11(2)16-10-13-8-12(9-15)6-7-14(13)17-3/h1,6-8,11,16H,5,10H2,2-3H3. The maximum Gasteiger partial charge on any atom is 0.123 e. The van der Waals surface area contributed by atoms with Gasteiger partial charge < -0.3 is 10.1 Å². The Balaban J connectivity index is 2.75. The number of rotatable bonds is 5. The van der Waals surface area contributed by atoms with E-state index in [1.807, 2.05) is 13.0 Å². The van der Waals surface area contributed by atoms with E-state index >= 15 is 0 Å². The fourth-order valence-corrected chi connectivity index (χ4v) is 1.52. The zero-order chi connectivity index (χ0) is 12.7. The highest BCUT2D eigenvalue weighted by Crippen LogP contribution is 2.19. The molecule has 0 spiro atoms. The summed E-state index contributed by atoms with van der Waals surface area (Å²) in [5.41, 5.74) is 1.60. The monoisotopic (exact) mass is 228 g/mol. The van der Waals surface area contributed by atoms with Crippen molar-refractivity contribution in [1.29, 1.82) is 5.26 Å². The van der Waals surface area contributed by atoms with E-state index in [2.05, 4.69) is 17.3 Å². The van der Waals surface area contributed by atoms with Crippen molar-refractivity contribution in [2.75, 3.05) is 7.11 Å². The first kappa shape index (κ1) is 13.1. The van der Waals surface area contributed by atoms with Gasteiger partial charge in [0, 0.05) is 24.6 Å². The lowest BCUT2D eigenvalue weighted by molar-refractivity contribution is 0.406. The van der Waals surface area contributed by atoms with Crippen molar-refractivity contribution in [3.8, 4) is 24.2 Å². The van der Waals surface area contributed by atoms with Crippen molar-refractivity contribution in [2.45, 2.75) is 25.9 Å². The predicted molar refractivity (Wildman–Crippen MR) is 67.5 cm³/mol. The fraction of sp³-hybridized carbons (Fsp3) is 0.357. The number of benzene rings is 1. The van der Waals surface area contributed by atoms with Gasteiger partial charge in [-0.25, -0.2) is 0 Å². The van der Waals surface area contributed by atoms with Crippen molar-refractivity contribution in [3.05, 3.63) is 29.3 Å². The predicted octanol–water partition coefficient (Wildman–Crippen LogP) is 2.07. The Kier molecular flexibility index (Phi) is 5.07. The minimum atomic E-state index is 0.246. The van der Waals surface area contributed by atoms with Gasteiger partial charge in [-0.15, -0.1) is 12.3 Å². The summed E-state index contributed by atoms with van der Waals surface area (Å²) in [4.78, 5) is 0. The van der Waals surface area contributed by atoms with E-state index in [1.165, 1.54) is 0 Å². The number of hydrogen-bond donors (Lipinski definition) is 1. The van der Waals surface area contributed by atoms with Crippen LogP contribution in [-0.4, -0.2) is 13.2 Å². The second-order valence-corrected chi connectivity index (χ2v) is 3.83. The van der Waals surface area contributed by atoms with E-state index < -0.39 is 0 Å². The van der Waals surface area contributed by atoms with Gasteiger partial charge in [0.25, 0.3) is 0 Å². The summed E-state index contributed by atoms with van der Waals surface area (Å²) in [5, 5.41) is 12.1. The van der Waals surface area contributed by atoms with Crippen LogP contribution in [0.5, 0.6) is 5.75 Å². The van der Waals surface area contributed by atoms with Gasteiger partial charge >= 0.3 is 0 Å². The van der Waals surface area contributed by atoms with Gasteiger partial charge in [0.05, 0.1) is 18.7 Å². The molecule has 0 heterocycles. The average molecular weight is 228 g/mol. The van der Waals surface area contributed by atoms with Gasteiger partial charge in [0.15, 0.2) is 0 Å². The fourth-order valence-electron chi connectivity index (χ4n) is 1.52. The Morgan fingerprint density at radius 3 is 2.88 bits per heavy atom. The average Bonchev–Trinajstić information content (AvgIpc) is 2.36. The molecule has 1 unspecified atom stereocenters. The molecular weight excluding hydrogens is 212 g/mol. The van der Waals surface area contributed by atoms with Crippen LogP contribution in [0.25, 0.3) is 0 Å². The molecule has 0 saturated heterocycles. The molecular formula is C14H16N2O. The number of ether oxygens (including phenoxy) is 1. The minimum absolute atomic E-state index is 0.246. The topological polar surface area (TPSA) is 45.0 Å². The Morgan fingerprint density at radius 1 is 1.53 bits per heavy atom. The van der Waals surface area contributed by atoms with E-state index in [0.717, 1.165) is 11.3 Å². The molecule has 0 radical (unpaired) electrons. The van der Waals surface area contributed by atoms with Crippen LogP contribution < -0.4 is 10.1 Å². The first-order chi connectivity index (χ1) is 8.21. The maximum atomic E-state index is 8.85. The Labute approximate surface area is 102 Å². The molecule has 0 aliphatic rings. The van der Waals surface area contributed by atoms with Crippen LogP contribution in [0, 0.1) is 23.7 Å². The number of terminal acetylenes is 1. The summed E-state index contributed by atoms with van der Waals surface area (Å²) in [6, 6.07) is 7.74. The van der Waals surface area contributed by atoms with Crippen molar-refractivity contribution >= 4 is 0 Å². The molecule has 0 fully saturated rings. The minimum Gasteiger partial charge on any atom is -0.496 e. The molecule has 3 heteroatoms.